The molecule has 0 unspecified atom stereocenters. The fraction of sp³-hybridized carbons (Fsp3) is 0.188. The summed E-state index contributed by atoms with van der Waals surface area (Å²) in [6.45, 7) is 2.60. The van der Waals surface area contributed by atoms with E-state index in [1.165, 1.54) is 0 Å². The predicted octanol–water partition coefficient (Wildman–Crippen LogP) is 3.11. The highest BCUT2D eigenvalue weighted by Gasteiger charge is 2.17. The highest BCUT2D eigenvalue weighted by Crippen LogP contribution is 2.23. The molecule has 1 aromatic carbocycles. The third-order valence-electron chi connectivity index (χ3n) is 3.43. The lowest BCUT2D eigenvalue weighted by molar-refractivity contribution is 0.802. The van der Waals surface area contributed by atoms with Crippen LogP contribution in [0.25, 0.3) is 11.5 Å². The van der Waals surface area contributed by atoms with Gasteiger partial charge in [-0.3, -0.25) is 0 Å². The van der Waals surface area contributed by atoms with Crippen LogP contribution < -0.4 is 5.73 Å². The Labute approximate surface area is 130 Å². The first-order valence-electron chi connectivity index (χ1n) is 6.84. The lowest BCUT2D eigenvalue weighted by Gasteiger charge is -2.10. The first kappa shape index (κ1) is 15.4. The van der Waals surface area contributed by atoms with Crippen molar-refractivity contribution >= 4 is 12.4 Å². The van der Waals surface area contributed by atoms with Crippen LogP contribution in [0.2, 0.25) is 0 Å². The van der Waals surface area contributed by atoms with E-state index in [2.05, 4.69) is 23.6 Å². The molecule has 4 nitrogen and oxygen atoms in total. The molecule has 2 heterocycles. The monoisotopic (exact) mass is 302 g/mol. The number of aryl methyl sites for hydroxylation is 1. The minimum Gasteiger partial charge on any atom is -0.326 e. The Hall–Kier alpha value is -2.04. The Balaban J connectivity index is 0.00000161. The van der Waals surface area contributed by atoms with Gasteiger partial charge in [-0.25, -0.2) is 4.68 Å². The highest BCUT2D eigenvalue weighted by atomic mass is 35.5. The summed E-state index contributed by atoms with van der Waals surface area (Å²) < 4.78 is 4.04. The Morgan fingerprint density at radius 1 is 1.05 bits per heavy atom. The van der Waals surface area contributed by atoms with E-state index < -0.39 is 0 Å². The Morgan fingerprint density at radius 3 is 2.29 bits per heavy atom. The minimum atomic E-state index is 0. The van der Waals surface area contributed by atoms with Gasteiger partial charge in [-0.2, -0.15) is 5.10 Å². The van der Waals surface area contributed by atoms with Gasteiger partial charge in [0.2, 0.25) is 0 Å². The summed E-state index contributed by atoms with van der Waals surface area (Å²) in [5.74, 6) is 1.03. The van der Waals surface area contributed by atoms with Crippen LogP contribution in [-0.4, -0.2) is 14.3 Å². The van der Waals surface area contributed by atoms with Crippen molar-refractivity contribution < 1.29 is 0 Å². The molecule has 2 aromatic heterocycles. The summed E-state index contributed by atoms with van der Waals surface area (Å²) in [6.07, 6.45) is 4.92. The molecule has 3 rings (SSSR count). The lowest BCUT2D eigenvalue weighted by Crippen LogP contribution is -2.07. The summed E-state index contributed by atoms with van der Waals surface area (Å²) in [5.41, 5.74) is 9.16. The van der Waals surface area contributed by atoms with Gasteiger partial charge >= 0.3 is 0 Å². The summed E-state index contributed by atoms with van der Waals surface area (Å²) in [5, 5.41) is 4.74. The van der Waals surface area contributed by atoms with Crippen LogP contribution in [0.3, 0.4) is 0 Å². The van der Waals surface area contributed by atoms with Gasteiger partial charge in [0, 0.05) is 24.5 Å². The number of aromatic nitrogens is 3. The van der Waals surface area contributed by atoms with E-state index in [0.29, 0.717) is 6.54 Å². The first-order valence-corrected chi connectivity index (χ1v) is 6.84. The number of benzene rings is 1. The van der Waals surface area contributed by atoms with Crippen molar-refractivity contribution in [2.24, 2.45) is 5.73 Å². The van der Waals surface area contributed by atoms with Crippen LogP contribution in [0.5, 0.6) is 0 Å². The second kappa shape index (κ2) is 6.61. The van der Waals surface area contributed by atoms with Crippen molar-refractivity contribution in [1.82, 2.24) is 14.3 Å². The number of rotatable bonds is 4. The molecule has 0 atom stereocenters. The normalized spacial score (nSPS) is 10.4. The Bertz CT molecular complexity index is 687. The highest BCUT2D eigenvalue weighted by molar-refractivity contribution is 5.85. The van der Waals surface area contributed by atoms with E-state index in [-0.39, 0.29) is 12.4 Å². The van der Waals surface area contributed by atoms with Crippen molar-refractivity contribution in [2.45, 2.75) is 19.9 Å². The van der Waals surface area contributed by atoms with Gasteiger partial charge in [-0.15, -0.1) is 12.4 Å². The molecule has 3 aromatic rings. The number of hydrogen-bond acceptors (Lipinski definition) is 2. The molecule has 0 radical (unpaired) electrons. The molecule has 0 aliphatic rings. The van der Waals surface area contributed by atoms with Crippen molar-refractivity contribution in [2.75, 3.05) is 0 Å². The second-order valence-electron chi connectivity index (χ2n) is 4.64. The van der Waals surface area contributed by atoms with Crippen LogP contribution in [-0.2, 0) is 13.0 Å². The van der Waals surface area contributed by atoms with Gasteiger partial charge in [0.1, 0.15) is 5.82 Å². The quantitative estimate of drug-likeness (QED) is 0.805. The molecule has 0 saturated heterocycles. The average Bonchev–Trinajstić information content (AvgIpc) is 3.14. The van der Waals surface area contributed by atoms with Crippen LogP contribution in [0.15, 0.2) is 54.9 Å². The Morgan fingerprint density at radius 2 is 1.71 bits per heavy atom. The average molecular weight is 303 g/mol. The van der Waals surface area contributed by atoms with Crippen LogP contribution in [0.1, 0.15) is 18.2 Å². The van der Waals surface area contributed by atoms with Gasteiger partial charge in [-0.1, -0.05) is 25.1 Å². The summed E-state index contributed by atoms with van der Waals surface area (Å²) in [6, 6.07) is 14.2. The molecule has 0 spiro atoms. The van der Waals surface area contributed by atoms with Gasteiger partial charge in [0.15, 0.2) is 0 Å². The fourth-order valence-electron chi connectivity index (χ4n) is 2.47. The van der Waals surface area contributed by atoms with E-state index in [9.17, 15) is 0 Å². The SMILES string of the molecule is CCc1nn(-c2ccccc2)c(-n2cccc2)c1CN.Cl. The molecular formula is C16H19ClN4. The standard InChI is InChI=1S/C16H18N4.ClH/c1-2-15-14(12-17)16(19-10-6-7-11-19)20(18-15)13-8-4-3-5-9-13;/h3-11H,2,12,17H2,1H3;1H. The maximum atomic E-state index is 5.96. The van der Waals surface area contributed by atoms with E-state index in [1.54, 1.807) is 0 Å². The molecule has 110 valence electrons. The minimum absolute atomic E-state index is 0. The van der Waals surface area contributed by atoms with E-state index in [4.69, 9.17) is 10.8 Å². The van der Waals surface area contributed by atoms with Crippen LogP contribution in [0, 0.1) is 0 Å². The second-order valence-corrected chi connectivity index (χ2v) is 4.64. The van der Waals surface area contributed by atoms with Crippen molar-refractivity contribution in [3.05, 3.63) is 66.1 Å². The van der Waals surface area contributed by atoms with Crippen LogP contribution >= 0.6 is 12.4 Å². The molecule has 21 heavy (non-hydrogen) atoms. The number of nitrogens with two attached hydrogens (primary N) is 1. The summed E-state index contributed by atoms with van der Waals surface area (Å²) in [7, 11) is 0. The number of para-hydroxylation sites is 1. The van der Waals surface area contributed by atoms with E-state index in [0.717, 1.165) is 29.2 Å². The molecule has 0 aliphatic carbocycles. The molecule has 2 N–H and O–H groups in total. The first-order chi connectivity index (χ1) is 9.85. The van der Waals surface area contributed by atoms with Gasteiger partial charge < -0.3 is 10.3 Å². The zero-order valence-electron chi connectivity index (χ0n) is 11.9. The smallest absolute Gasteiger partial charge is 0.145 e. The predicted molar refractivity (Wildman–Crippen MR) is 87.4 cm³/mol. The number of nitrogens with zero attached hydrogens (tertiary/aromatic N) is 3. The molecule has 0 aliphatic heterocycles. The molecule has 0 fully saturated rings. The molecule has 0 saturated carbocycles. The maximum absolute atomic E-state index is 5.96. The van der Waals surface area contributed by atoms with Gasteiger partial charge in [0.25, 0.3) is 0 Å². The summed E-state index contributed by atoms with van der Waals surface area (Å²) >= 11 is 0. The number of hydrogen-bond donors (Lipinski definition) is 1. The molecule has 5 heteroatoms. The third kappa shape index (κ3) is 2.73. The Kier molecular flexibility index (Phi) is 4.83. The molecular weight excluding hydrogens is 284 g/mol. The fourth-order valence-corrected chi connectivity index (χ4v) is 2.47. The van der Waals surface area contributed by atoms with Gasteiger partial charge in [0.05, 0.1) is 11.4 Å². The number of halogens is 1. The zero-order valence-corrected chi connectivity index (χ0v) is 12.8. The largest absolute Gasteiger partial charge is 0.326 e. The maximum Gasteiger partial charge on any atom is 0.145 e. The zero-order chi connectivity index (χ0) is 13.9. The van der Waals surface area contributed by atoms with Crippen molar-refractivity contribution in [3.8, 4) is 11.5 Å². The van der Waals surface area contributed by atoms with E-state index >= 15 is 0 Å². The summed E-state index contributed by atoms with van der Waals surface area (Å²) in [4.78, 5) is 0. The van der Waals surface area contributed by atoms with Crippen molar-refractivity contribution in [3.63, 3.8) is 0 Å². The third-order valence-corrected chi connectivity index (χ3v) is 3.43. The van der Waals surface area contributed by atoms with E-state index in [1.807, 2.05) is 47.4 Å². The van der Waals surface area contributed by atoms with Crippen LogP contribution in [0.4, 0.5) is 0 Å². The molecule has 0 amide bonds. The molecule has 0 bridgehead atoms. The topological polar surface area (TPSA) is 48.8 Å². The van der Waals surface area contributed by atoms with Crippen molar-refractivity contribution in [1.29, 1.82) is 0 Å². The van der Waals surface area contributed by atoms with Gasteiger partial charge in [-0.05, 0) is 30.7 Å². The lowest BCUT2D eigenvalue weighted by atomic mass is 10.2.